The molecule has 0 N–H and O–H groups in total. The lowest BCUT2D eigenvalue weighted by molar-refractivity contribution is 0.152. The van der Waals surface area contributed by atoms with Crippen molar-refractivity contribution in [1.29, 1.82) is 0 Å². The van der Waals surface area contributed by atoms with Gasteiger partial charge in [0, 0.05) is 0 Å². The van der Waals surface area contributed by atoms with Crippen molar-refractivity contribution in [2.75, 3.05) is 0 Å². The third-order valence-corrected chi connectivity index (χ3v) is 6.84. The number of allylic oxidation sites excluding steroid dienone is 2. The smallest absolute Gasteiger partial charge is 0.159 e. The first-order valence-electron chi connectivity index (χ1n) is 10.8. The molecule has 0 radical (unpaired) electrons. The minimum absolute atomic E-state index is 0.712. The van der Waals surface area contributed by atoms with E-state index in [-0.39, 0.29) is 0 Å². The molecule has 3 rings (SSSR count). The Bertz CT molecular complexity index is 576. The SMILES string of the molecule is CC/C=C/[C@H]1CC[C@H](C2CCC(CCc3ccc(F)c(F)c3)CC2)CC1. The summed E-state index contributed by atoms with van der Waals surface area (Å²) in [7, 11) is 0. The van der Waals surface area contributed by atoms with Gasteiger partial charge in [-0.3, -0.25) is 0 Å². The van der Waals surface area contributed by atoms with E-state index in [0.717, 1.165) is 48.5 Å². The Morgan fingerprint density at radius 1 is 0.885 bits per heavy atom. The van der Waals surface area contributed by atoms with Gasteiger partial charge >= 0.3 is 0 Å². The Morgan fingerprint density at radius 3 is 2.15 bits per heavy atom. The summed E-state index contributed by atoms with van der Waals surface area (Å²) >= 11 is 0. The van der Waals surface area contributed by atoms with Crippen LogP contribution in [0.15, 0.2) is 30.4 Å². The summed E-state index contributed by atoms with van der Waals surface area (Å²) in [5.74, 6) is 2.03. The molecule has 0 nitrogen and oxygen atoms in total. The summed E-state index contributed by atoms with van der Waals surface area (Å²) in [6.07, 6.45) is 19.0. The van der Waals surface area contributed by atoms with E-state index in [4.69, 9.17) is 0 Å². The lowest BCUT2D eigenvalue weighted by Gasteiger charge is -2.37. The van der Waals surface area contributed by atoms with Crippen LogP contribution in [-0.4, -0.2) is 0 Å². The van der Waals surface area contributed by atoms with Gasteiger partial charge in [-0.15, -0.1) is 0 Å². The van der Waals surface area contributed by atoms with Gasteiger partial charge in [0.25, 0.3) is 0 Å². The molecule has 0 saturated heterocycles. The second kappa shape index (κ2) is 9.67. The maximum Gasteiger partial charge on any atom is 0.159 e. The van der Waals surface area contributed by atoms with Gasteiger partial charge in [0.1, 0.15) is 0 Å². The molecule has 2 aliphatic rings. The summed E-state index contributed by atoms with van der Waals surface area (Å²) < 4.78 is 26.3. The number of rotatable bonds is 6. The Balaban J connectivity index is 1.38. The normalized spacial score (nSPS) is 30.0. The Morgan fingerprint density at radius 2 is 1.54 bits per heavy atom. The number of aryl methyl sites for hydroxylation is 1. The van der Waals surface area contributed by atoms with Crippen molar-refractivity contribution < 1.29 is 8.78 Å². The molecule has 2 aliphatic carbocycles. The zero-order valence-electron chi connectivity index (χ0n) is 16.2. The first-order chi connectivity index (χ1) is 12.7. The molecular weight excluding hydrogens is 326 g/mol. The fraction of sp³-hybridized carbons (Fsp3) is 0.667. The van der Waals surface area contributed by atoms with E-state index in [9.17, 15) is 8.78 Å². The van der Waals surface area contributed by atoms with Crippen LogP contribution >= 0.6 is 0 Å². The van der Waals surface area contributed by atoms with Crippen LogP contribution in [0.4, 0.5) is 8.78 Å². The lowest BCUT2D eigenvalue weighted by atomic mass is 9.68. The highest BCUT2D eigenvalue weighted by Crippen LogP contribution is 2.42. The molecular formula is C24H34F2. The first-order valence-corrected chi connectivity index (χ1v) is 10.8. The highest BCUT2D eigenvalue weighted by atomic mass is 19.2. The van der Waals surface area contributed by atoms with Gasteiger partial charge in [0.2, 0.25) is 0 Å². The van der Waals surface area contributed by atoms with E-state index in [2.05, 4.69) is 19.1 Å². The molecule has 2 saturated carbocycles. The molecule has 26 heavy (non-hydrogen) atoms. The Hall–Kier alpha value is -1.18. The second-order valence-electron chi connectivity index (χ2n) is 8.58. The van der Waals surface area contributed by atoms with Crippen molar-refractivity contribution in [3.63, 3.8) is 0 Å². The summed E-state index contributed by atoms with van der Waals surface area (Å²) in [6, 6.07) is 4.36. The standard InChI is InChI=1S/C24H34F2/c1-2-3-4-18-7-12-21(13-8-18)22-14-9-19(10-15-22)5-6-20-11-16-23(25)24(26)17-20/h3-4,11,16-19,21-22H,2,5-10,12-15H2,1H3/b4-3+/t18-,19?,21-,22?. The molecule has 1 aromatic carbocycles. The predicted octanol–water partition coefficient (Wildman–Crippen LogP) is 7.48. The minimum Gasteiger partial charge on any atom is -0.204 e. The van der Waals surface area contributed by atoms with Gasteiger partial charge in [-0.1, -0.05) is 38.0 Å². The number of hydrogen-bond acceptors (Lipinski definition) is 0. The van der Waals surface area contributed by atoms with Crippen molar-refractivity contribution in [1.82, 2.24) is 0 Å². The van der Waals surface area contributed by atoms with Crippen LogP contribution in [0.3, 0.4) is 0 Å². The van der Waals surface area contributed by atoms with Crippen molar-refractivity contribution in [3.8, 4) is 0 Å². The molecule has 0 spiro atoms. The van der Waals surface area contributed by atoms with Gasteiger partial charge in [-0.25, -0.2) is 8.78 Å². The molecule has 0 atom stereocenters. The fourth-order valence-corrected chi connectivity index (χ4v) is 5.15. The van der Waals surface area contributed by atoms with E-state index in [1.165, 1.54) is 63.5 Å². The molecule has 0 aromatic heterocycles. The average Bonchev–Trinajstić information content (AvgIpc) is 2.68. The third kappa shape index (κ3) is 5.41. The summed E-state index contributed by atoms with van der Waals surface area (Å²) in [6.45, 7) is 2.22. The second-order valence-corrected chi connectivity index (χ2v) is 8.58. The quantitative estimate of drug-likeness (QED) is 0.461. The molecule has 0 amide bonds. The molecule has 1 aromatic rings. The van der Waals surface area contributed by atoms with E-state index in [0.29, 0.717) is 0 Å². The van der Waals surface area contributed by atoms with Gasteiger partial charge < -0.3 is 0 Å². The van der Waals surface area contributed by atoms with Crippen LogP contribution in [0.5, 0.6) is 0 Å². The molecule has 0 unspecified atom stereocenters. The van der Waals surface area contributed by atoms with Gasteiger partial charge in [0.15, 0.2) is 11.6 Å². The summed E-state index contributed by atoms with van der Waals surface area (Å²) in [5.41, 5.74) is 0.935. The van der Waals surface area contributed by atoms with Crippen LogP contribution < -0.4 is 0 Å². The van der Waals surface area contributed by atoms with Crippen LogP contribution in [0.1, 0.15) is 76.7 Å². The first kappa shape index (κ1) is 19.6. The van der Waals surface area contributed by atoms with Crippen LogP contribution in [0.25, 0.3) is 0 Å². The molecule has 0 bridgehead atoms. The summed E-state index contributed by atoms with van der Waals surface area (Å²) in [4.78, 5) is 0. The van der Waals surface area contributed by atoms with E-state index in [1.54, 1.807) is 6.07 Å². The monoisotopic (exact) mass is 360 g/mol. The largest absolute Gasteiger partial charge is 0.204 e. The highest BCUT2D eigenvalue weighted by molar-refractivity contribution is 5.17. The van der Waals surface area contributed by atoms with Gasteiger partial charge in [-0.05, 0) is 99.2 Å². The zero-order valence-corrected chi connectivity index (χ0v) is 16.2. The third-order valence-electron chi connectivity index (χ3n) is 6.84. The van der Waals surface area contributed by atoms with E-state index < -0.39 is 11.6 Å². The lowest BCUT2D eigenvalue weighted by Crippen LogP contribution is -2.25. The average molecular weight is 361 g/mol. The van der Waals surface area contributed by atoms with Crippen LogP contribution in [0.2, 0.25) is 0 Å². The van der Waals surface area contributed by atoms with Crippen molar-refractivity contribution in [2.24, 2.45) is 23.7 Å². The number of halogens is 2. The maximum atomic E-state index is 13.3. The summed E-state index contributed by atoms with van der Waals surface area (Å²) in [5, 5.41) is 0. The molecule has 2 fully saturated rings. The van der Waals surface area contributed by atoms with Crippen molar-refractivity contribution >= 4 is 0 Å². The zero-order chi connectivity index (χ0) is 18.4. The van der Waals surface area contributed by atoms with E-state index in [1.807, 2.05) is 0 Å². The molecule has 144 valence electrons. The Kier molecular flexibility index (Phi) is 7.28. The van der Waals surface area contributed by atoms with Crippen molar-refractivity contribution in [3.05, 3.63) is 47.5 Å². The Labute approximate surface area is 158 Å². The van der Waals surface area contributed by atoms with Crippen LogP contribution in [-0.2, 0) is 6.42 Å². The van der Waals surface area contributed by atoms with E-state index >= 15 is 0 Å². The number of benzene rings is 1. The molecule has 2 heteroatoms. The fourth-order valence-electron chi connectivity index (χ4n) is 5.15. The molecule has 0 heterocycles. The van der Waals surface area contributed by atoms with Crippen LogP contribution in [0, 0.1) is 35.3 Å². The number of hydrogen-bond donors (Lipinski definition) is 0. The predicted molar refractivity (Wildman–Crippen MR) is 105 cm³/mol. The molecule has 0 aliphatic heterocycles. The topological polar surface area (TPSA) is 0 Å². The minimum atomic E-state index is -0.742. The highest BCUT2D eigenvalue weighted by Gasteiger charge is 2.30. The van der Waals surface area contributed by atoms with Crippen molar-refractivity contribution in [2.45, 2.75) is 77.6 Å². The van der Waals surface area contributed by atoms with Gasteiger partial charge in [-0.2, -0.15) is 0 Å². The van der Waals surface area contributed by atoms with Gasteiger partial charge in [0.05, 0.1) is 0 Å². The maximum absolute atomic E-state index is 13.3.